The lowest BCUT2D eigenvalue weighted by Gasteiger charge is -2.23. The SMILES string of the molecule is Cc1ccc(-c2c(C)c(-c3cccc(N)c3)c(N)c(-c3ccc(N)cc3)c2N)cc1. The Kier molecular flexibility index (Phi) is 4.84. The maximum atomic E-state index is 6.77. The molecule has 0 aliphatic rings. The van der Waals surface area contributed by atoms with Gasteiger partial charge in [0.25, 0.3) is 0 Å². The molecule has 4 heteroatoms. The Morgan fingerprint density at radius 2 is 1.03 bits per heavy atom. The Morgan fingerprint density at radius 1 is 0.500 bits per heavy atom. The van der Waals surface area contributed by atoms with E-state index in [4.69, 9.17) is 22.9 Å². The van der Waals surface area contributed by atoms with Crippen LogP contribution in [0.25, 0.3) is 33.4 Å². The van der Waals surface area contributed by atoms with Gasteiger partial charge in [-0.25, -0.2) is 0 Å². The van der Waals surface area contributed by atoms with Gasteiger partial charge in [0, 0.05) is 39.4 Å². The maximum absolute atomic E-state index is 6.77. The lowest BCUT2D eigenvalue weighted by molar-refractivity contribution is 1.42. The molecule has 150 valence electrons. The maximum Gasteiger partial charge on any atom is 0.0497 e. The summed E-state index contributed by atoms with van der Waals surface area (Å²) in [5.41, 5.74) is 36.1. The number of hydrogen-bond acceptors (Lipinski definition) is 4. The number of nitrogens with two attached hydrogens (primary N) is 4. The van der Waals surface area contributed by atoms with Gasteiger partial charge in [-0.1, -0.05) is 54.1 Å². The molecule has 0 fully saturated rings. The van der Waals surface area contributed by atoms with Crippen LogP contribution in [0.1, 0.15) is 11.1 Å². The average molecular weight is 395 g/mol. The number of hydrogen-bond donors (Lipinski definition) is 4. The number of nitrogen functional groups attached to an aromatic ring is 4. The molecule has 8 N–H and O–H groups in total. The number of benzene rings is 4. The minimum atomic E-state index is 0.635. The second-order valence-corrected chi connectivity index (χ2v) is 7.69. The zero-order valence-corrected chi connectivity index (χ0v) is 17.2. The lowest BCUT2D eigenvalue weighted by Crippen LogP contribution is -2.05. The van der Waals surface area contributed by atoms with Crippen molar-refractivity contribution in [2.75, 3.05) is 22.9 Å². The smallest absolute Gasteiger partial charge is 0.0497 e. The van der Waals surface area contributed by atoms with Crippen molar-refractivity contribution >= 4 is 22.7 Å². The molecule has 4 nitrogen and oxygen atoms in total. The Morgan fingerprint density at radius 3 is 1.63 bits per heavy atom. The molecule has 4 rings (SSSR count). The summed E-state index contributed by atoms with van der Waals surface area (Å²) in [6.07, 6.45) is 0. The van der Waals surface area contributed by atoms with Crippen LogP contribution in [0, 0.1) is 13.8 Å². The summed E-state index contributed by atoms with van der Waals surface area (Å²) in [7, 11) is 0. The van der Waals surface area contributed by atoms with E-state index in [1.54, 1.807) is 0 Å². The highest BCUT2D eigenvalue weighted by Crippen LogP contribution is 2.47. The van der Waals surface area contributed by atoms with E-state index >= 15 is 0 Å². The number of anilines is 4. The van der Waals surface area contributed by atoms with Crippen molar-refractivity contribution in [3.8, 4) is 33.4 Å². The summed E-state index contributed by atoms with van der Waals surface area (Å²) in [6.45, 7) is 4.13. The predicted octanol–water partition coefficient (Wildman–Crippen LogP) is 5.63. The largest absolute Gasteiger partial charge is 0.399 e. The third-order valence-corrected chi connectivity index (χ3v) is 5.54. The molecule has 4 aromatic rings. The summed E-state index contributed by atoms with van der Waals surface area (Å²) in [5.74, 6) is 0. The van der Waals surface area contributed by atoms with E-state index in [0.717, 1.165) is 38.9 Å². The van der Waals surface area contributed by atoms with Crippen LogP contribution < -0.4 is 22.9 Å². The van der Waals surface area contributed by atoms with Gasteiger partial charge >= 0.3 is 0 Å². The monoisotopic (exact) mass is 394 g/mol. The zero-order chi connectivity index (χ0) is 21.4. The first-order chi connectivity index (χ1) is 14.4. The molecule has 0 saturated carbocycles. The van der Waals surface area contributed by atoms with Gasteiger partial charge in [0.2, 0.25) is 0 Å². The highest BCUT2D eigenvalue weighted by molar-refractivity contribution is 6.04. The van der Waals surface area contributed by atoms with E-state index in [1.807, 2.05) is 48.5 Å². The van der Waals surface area contributed by atoms with Gasteiger partial charge in [0.15, 0.2) is 0 Å². The van der Waals surface area contributed by atoms with Crippen molar-refractivity contribution in [2.45, 2.75) is 13.8 Å². The second kappa shape index (κ2) is 7.48. The Balaban J connectivity index is 2.10. The van der Waals surface area contributed by atoms with Crippen molar-refractivity contribution in [1.82, 2.24) is 0 Å². The van der Waals surface area contributed by atoms with E-state index in [9.17, 15) is 0 Å². The molecule has 0 aromatic heterocycles. The molecule has 0 amide bonds. The molecule has 0 aliphatic carbocycles. The molecule has 0 unspecified atom stereocenters. The third-order valence-electron chi connectivity index (χ3n) is 5.54. The minimum absolute atomic E-state index is 0.635. The summed E-state index contributed by atoms with van der Waals surface area (Å²) >= 11 is 0. The van der Waals surface area contributed by atoms with Crippen LogP contribution in [0.5, 0.6) is 0 Å². The van der Waals surface area contributed by atoms with Gasteiger partial charge < -0.3 is 22.9 Å². The van der Waals surface area contributed by atoms with Gasteiger partial charge in [-0.05, 0) is 60.4 Å². The molecule has 0 atom stereocenters. The molecule has 4 aromatic carbocycles. The van der Waals surface area contributed by atoms with E-state index < -0.39 is 0 Å². The third kappa shape index (κ3) is 3.33. The standard InChI is InChI=1S/C26H26N4/c1-15-6-8-17(9-7-15)22-16(2)23(19-4-3-5-21(28)14-19)26(30)24(25(22)29)18-10-12-20(27)13-11-18/h3-14H,27-30H2,1-2H3. The highest BCUT2D eigenvalue weighted by atomic mass is 14.7. The lowest BCUT2D eigenvalue weighted by atomic mass is 9.84. The molecule has 30 heavy (non-hydrogen) atoms. The van der Waals surface area contributed by atoms with E-state index in [1.165, 1.54) is 5.56 Å². The molecule has 0 heterocycles. The van der Waals surface area contributed by atoms with Crippen LogP contribution in [0.3, 0.4) is 0 Å². The van der Waals surface area contributed by atoms with Crippen LogP contribution in [0.15, 0.2) is 72.8 Å². The fourth-order valence-corrected chi connectivity index (χ4v) is 4.04. The van der Waals surface area contributed by atoms with Crippen LogP contribution in [0.4, 0.5) is 22.7 Å². The fourth-order valence-electron chi connectivity index (χ4n) is 4.04. The average Bonchev–Trinajstić information content (AvgIpc) is 2.71. The second-order valence-electron chi connectivity index (χ2n) is 7.69. The number of aryl methyl sites for hydroxylation is 1. The molecular formula is C26H26N4. The topological polar surface area (TPSA) is 104 Å². The van der Waals surface area contributed by atoms with Crippen LogP contribution in [-0.4, -0.2) is 0 Å². The van der Waals surface area contributed by atoms with Gasteiger partial charge in [-0.2, -0.15) is 0 Å². The quantitative estimate of drug-likeness (QED) is 0.338. The van der Waals surface area contributed by atoms with Crippen LogP contribution in [0.2, 0.25) is 0 Å². The minimum Gasteiger partial charge on any atom is -0.399 e. The fraction of sp³-hybridized carbons (Fsp3) is 0.0769. The van der Waals surface area contributed by atoms with Crippen molar-refractivity contribution in [3.05, 3.63) is 83.9 Å². The van der Waals surface area contributed by atoms with Gasteiger partial charge in [-0.15, -0.1) is 0 Å². The molecular weight excluding hydrogens is 368 g/mol. The Hall–Kier alpha value is -3.92. The summed E-state index contributed by atoms with van der Waals surface area (Å²) < 4.78 is 0. The van der Waals surface area contributed by atoms with Crippen molar-refractivity contribution in [1.29, 1.82) is 0 Å². The molecule has 0 saturated heterocycles. The van der Waals surface area contributed by atoms with E-state index in [2.05, 4.69) is 38.1 Å². The first-order valence-corrected chi connectivity index (χ1v) is 9.87. The summed E-state index contributed by atoms with van der Waals surface area (Å²) in [4.78, 5) is 0. The summed E-state index contributed by atoms with van der Waals surface area (Å²) in [6, 6.07) is 23.8. The Bertz CT molecular complexity index is 1150. The summed E-state index contributed by atoms with van der Waals surface area (Å²) in [5, 5.41) is 0. The van der Waals surface area contributed by atoms with E-state index in [0.29, 0.717) is 22.7 Å². The molecule has 0 radical (unpaired) electrons. The zero-order valence-electron chi connectivity index (χ0n) is 17.2. The first kappa shape index (κ1) is 19.4. The van der Waals surface area contributed by atoms with Crippen LogP contribution in [-0.2, 0) is 0 Å². The highest BCUT2D eigenvalue weighted by Gasteiger charge is 2.22. The molecule has 0 aliphatic heterocycles. The molecule has 0 spiro atoms. The number of rotatable bonds is 3. The van der Waals surface area contributed by atoms with Crippen molar-refractivity contribution in [3.63, 3.8) is 0 Å². The van der Waals surface area contributed by atoms with Gasteiger partial charge in [-0.3, -0.25) is 0 Å². The van der Waals surface area contributed by atoms with E-state index in [-0.39, 0.29) is 0 Å². The van der Waals surface area contributed by atoms with Gasteiger partial charge in [0.1, 0.15) is 0 Å². The Labute approximate surface area is 177 Å². The normalized spacial score (nSPS) is 10.9. The first-order valence-electron chi connectivity index (χ1n) is 9.87. The van der Waals surface area contributed by atoms with Crippen molar-refractivity contribution in [2.24, 2.45) is 0 Å². The molecule has 0 bridgehead atoms. The van der Waals surface area contributed by atoms with Crippen LogP contribution >= 0.6 is 0 Å². The predicted molar refractivity (Wildman–Crippen MR) is 130 cm³/mol. The van der Waals surface area contributed by atoms with Crippen molar-refractivity contribution < 1.29 is 0 Å². The van der Waals surface area contributed by atoms with Gasteiger partial charge in [0.05, 0.1) is 0 Å².